The van der Waals surface area contributed by atoms with Crippen LogP contribution in [0, 0.1) is 0 Å². The van der Waals surface area contributed by atoms with E-state index in [2.05, 4.69) is 21.3 Å². The van der Waals surface area contributed by atoms with E-state index in [0.29, 0.717) is 37.3 Å². The third-order valence-corrected chi connectivity index (χ3v) is 3.73. The number of benzene rings is 2. The van der Waals surface area contributed by atoms with Crippen molar-refractivity contribution in [3.8, 4) is 0 Å². The van der Waals surface area contributed by atoms with Gasteiger partial charge in [0, 0.05) is 50.4 Å². The first-order chi connectivity index (χ1) is 12.8. The van der Waals surface area contributed by atoms with Crippen LogP contribution in [0.2, 0.25) is 0 Å². The Labute approximate surface area is 154 Å². The Morgan fingerprint density at radius 3 is 1.27 bits per heavy atom. The molecular weight excluding hydrogens is 328 g/mol. The van der Waals surface area contributed by atoms with Crippen molar-refractivity contribution in [2.75, 3.05) is 39.3 Å². The zero-order valence-electron chi connectivity index (χ0n) is 14.8. The second-order valence-electron chi connectivity index (χ2n) is 5.74. The second kappa shape index (κ2) is 11.8. The highest BCUT2D eigenvalue weighted by atomic mass is 16.2. The lowest BCUT2D eigenvalue weighted by Gasteiger charge is -2.09. The summed E-state index contributed by atoms with van der Waals surface area (Å²) in [6.07, 6.45) is 0. The van der Waals surface area contributed by atoms with Gasteiger partial charge < -0.3 is 21.3 Å². The van der Waals surface area contributed by atoms with Gasteiger partial charge in [-0.3, -0.25) is 9.59 Å². The summed E-state index contributed by atoms with van der Waals surface area (Å²) in [7, 11) is 0. The average molecular weight is 354 g/mol. The molecule has 0 fully saturated rings. The van der Waals surface area contributed by atoms with Gasteiger partial charge in [0.15, 0.2) is 0 Å². The standard InChI is InChI=1S/C20H26N4O2/c25-19(17-7-3-1-4-8-17)23-15-13-21-11-12-22-14-16-24-20(26)18-9-5-2-6-10-18/h1-10,21-22H,11-16H2,(H,23,25)(H,24,26). The summed E-state index contributed by atoms with van der Waals surface area (Å²) >= 11 is 0. The number of rotatable bonds is 11. The van der Waals surface area contributed by atoms with E-state index in [1.165, 1.54) is 0 Å². The van der Waals surface area contributed by atoms with Crippen molar-refractivity contribution >= 4 is 11.8 Å². The summed E-state index contributed by atoms with van der Waals surface area (Å²) in [5.41, 5.74) is 1.35. The number of nitrogens with one attached hydrogen (secondary N) is 4. The molecule has 0 aliphatic carbocycles. The van der Waals surface area contributed by atoms with Gasteiger partial charge in [-0.1, -0.05) is 36.4 Å². The van der Waals surface area contributed by atoms with Gasteiger partial charge in [0.1, 0.15) is 0 Å². The Bertz CT molecular complexity index is 603. The summed E-state index contributed by atoms with van der Waals surface area (Å²) in [6.45, 7) is 4.19. The van der Waals surface area contributed by atoms with Gasteiger partial charge in [-0.15, -0.1) is 0 Å². The fourth-order valence-electron chi connectivity index (χ4n) is 2.34. The quantitative estimate of drug-likeness (QED) is 0.454. The van der Waals surface area contributed by atoms with Gasteiger partial charge in [0.05, 0.1) is 0 Å². The molecule has 2 amide bonds. The van der Waals surface area contributed by atoms with Crippen LogP contribution < -0.4 is 21.3 Å². The lowest BCUT2D eigenvalue weighted by Crippen LogP contribution is -2.37. The molecule has 4 N–H and O–H groups in total. The van der Waals surface area contributed by atoms with E-state index in [1.807, 2.05) is 36.4 Å². The summed E-state index contributed by atoms with van der Waals surface area (Å²) in [5, 5.41) is 12.2. The van der Waals surface area contributed by atoms with Crippen molar-refractivity contribution in [3.63, 3.8) is 0 Å². The molecule has 6 heteroatoms. The van der Waals surface area contributed by atoms with Gasteiger partial charge in [-0.25, -0.2) is 0 Å². The van der Waals surface area contributed by atoms with Crippen LogP contribution in [-0.2, 0) is 0 Å². The zero-order chi connectivity index (χ0) is 18.5. The third-order valence-electron chi connectivity index (χ3n) is 3.73. The maximum Gasteiger partial charge on any atom is 0.251 e. The van der Waals surface area contributed by atoms with Crippen LogP contribution in [0.25, 0.3) is 0 Å². The smallest absolute Gasteiger partial charge is 0.251 e. The highest BCUT2D eigenvalue weighted by Gasteiger charge is 2.03. The Kier molecular flexibility index (Phi) is 8.89. The zero-order valence-corrected chi connectivity index (χ0v) is 14.8. The third kappa shape index (κ3) is 7.46. The number of amides is 2. The maximum atomic E-state index is 11.8. The van der Waals surface area contributed by atoms with Crippen LogP contribution in [-0.4, -0.2) is 51.1 Å². The predicted molar refractivity (Wildman–Crippen MR) is 103 cm³/mol. The van der Waals surface area contributed by atoms with Crippen molar-refractivity contribution in [3.05, 3.63) is 71.8 Å². The van der Waals surface area contributed by atoms with Gasteiger partial charge in [-0.2, -0.15) is 0 Å². The molecular formula is C20H26N4O2. The lowest BCUT2D eigenvalue weighted by molar-refractivity contribution is 0.0945. The van der Waals surface area contributed by atoms with Crippen LogP contribution in [0.15, 0.2) is 60.7 Å². The van der Waals surface area contributed by atoms with Crippen molar-refractivity contribution in [2.24, 2.45) is 0 Å². The average Bonchev–Trinajstić information content (AvgIpc) is 2.70. The van der Waals surface area contributed by atoms with Crippen molar-refractivity contribution in [1.29, 1.82) is 0 Å². The molecule has 0 unspecified atom stereocenters. The molecule has 0 aromatic heterocycles. The van der Waals surface area contributed by atoms with Crippen LogP contribution in [0.3, 0.4) is 0 Å². The molecule has 2 aromatic rings. The Morgan fingerprint density at radius 2 is 0.885 bits per heavy atom. The number of hydrogen-bond acceptors (Lipinski definition) is 4. The molecule has 2 aromatic carbocycles. The summed E-state index contributed by atoms with van der Waals surface area (Å²) in [5.74, 6) is -0.112. The first kappa shape index (κ1) is 19.6. The molecule has 0 saturated heterocycles. The second-order valence-corrected chi connectivity index (χ2v) is 5.74. The van der Waals surface area contributed by atoms with E-state index >= 15 is 0 Å². The normalized spacial score (nSPS) is 10.3. The topological polar surface area (TPSA) is 82.3 Å². The molecule has 6 nitrogen and oxygen atoms in total. The fourth-order valence-corrected chi connectivity index (χ4v) is 2.34. The molecule has 2 rings (SSSR count). The highest BCUT2D eigenvalue weighted by molar-refractivity contribution is 5.94. The minimum Gasteiger partial charge on any atom is -0.351 e. The van der Waals surface area contributed by atoms with E-state index in [4.69, 9.17) is 0 Å². The summed E-state index contributed by atoms with van der Waals surface area (Å²) < 4.78 is 0. The molecule has 138 valence electrons. The Hall–Kier alpha value is -2.70. The molecule has 0 aliphatic heterocycles. The molecule has 0 saturated carbocycles. The Balaban J connectivity index is 1.41. The van der Waals surface area contributed by atoms with Crippen LogP contribution in [0.1, 0.15) is 20.7 Å². The lowest BCUT2D eigenvalue weighted by atomic mass is 10.2. The van der Waals surface area contributed by atoms with E-state index in [-0.39, 0.29) is 11.8 Å². The van der Waals surface area contributed by atoms with Crippen molar-refractivity contribution in [2.45, 2.75) is 0 Å². The summed E-state index contributed by atoms with van der Waals surface area (Å²) in [6, 6.07) is 18.3. The predicted octanol–water partition coefficient (Wildman–Crippen LogP) is 1.03. The van der Waals surface area contributed by atoms with E-state index < -0.39 is 0 Å². The largest absolute Gasteiger partial charge is 0.351 e. The number of carbonyl (C=O) groups excluding carboxylic acids is 2. The van der Waals surface area contributed by atoms with Crippen LogP contribution >= 0.6 is 0 Å². The van der Waals surface area contributed by atoms with E-state index in [9.17, 15) is 9.59 Å². The van der Waals surface area contributed by atoms with Crippen LogP contribution in [0.4, 0.5) is 0 Å². The minimum absolute atomic E-state index is 0.0558. The van der Waals surface area contributed by atoms with Crippen molar-refractivity contribution < 1.29 is 9.59 Å². The molecule has 0 aliphatic rings. The van der Waals surface area contributed by atoms with Gasteiger partial charge in [-0.05, 0) is 24.3 Å². The highest BCUT2D eigenvalue weighted by Crippen LogP contribution is 1.97. The SMILES string of the molecule is O=C(NCCNCCNCCNC(=O)c1ccccc1)c1ccccc1. The summed E-state index contributed by atoms with van der Waals surface area (Å²) in [4.78, 5) is 23.6. The number of hydrogen-bond donors (Lipinski definition) is 4. The first-order valence-electron chi connectivity index (χ1n) is 8.85. The van der Waals surface area contributed by atoms with E-state index in [0.717, 1.165) is 13.1 Å². The monoisotopic (exact) mass is 354 g/mol. The van der Waals surface area contributed by atoms with Gasteiger partial charge in [0.2, 0.25) is 0 Å². The minimum atomic E-state index is -0.0558. The number of carbonyl (C=O) groups is 2. The van der Waals surface area contributed by atoms with E-state index in [1.54, 1.807) is 24.3 Å². The molecule has 0 bridgehead atoms. The molecule has 26 heavy (non-hydrogen) atoms. The molecule has 0 heterocycles. The maximum absolute atomic E-state index is 11.8. The fraction of sp³-hybridized carbons (Fsp3) is 0.300. The van der Waals surface area contributed by atoms with Gasteiger partial charge >= 0.3 is 0 Å². The first-order valence-corrected chi connectivity index (χ1v) is 8.85. The molecule has 0 spiro atoms. The Morgan fingerprint density at radius 1 is 0.538 bits per heavy atom. The molecule has 0 radical (unpaired) electrons. The van der Waals surface area contributed by atoms with Crippen LogP contribution in [0.5, 0.6) is 0 Å². The molecule has 0 atom stereocenters. The van der Waals surface area contributed by atoms with Gasteiger partial charge in [0.25, 0.3) is 11.8 Å². The van der Waals surface area contributed by atoms with Crippen molar-refractivity contribution in [1.82, 2.24) is 21.3 Å².